The molecule has 0 aromatic heterocycles. The Hall–Kier alpha value is -5.20. The summed E-state index contributed by atoms with van der Waals surface area (Å²) in [5, 5.41) is 25.6. The second kappa shape index (κ2) is 14.8. The number of carbonyl (C=O) groups excluding carboxylic acids is 3. The molecule has 3 amide bonds. The first-order valence-electron chi connectivity index (χ1n) is 14.1. The molecule has 0 saturated carbocycles. The van der Waals surface area contributed by atoms with Crippen molar-refractivity contribution in [2.75, 3.05) is 18.5 Å². The average Bonchev–Trinajstić information content (AvgIpc) is 2.96. The fourth-order valence-corrected chi connectivity index (χ4v) is 4.63. The van der Waals surface area contributed by atoms with Gasteiger partial charge in [-0.2, -0.15) is 0 Å². The van der Waals surface area contributed by atoms with Crippen molar-refractivity contribution in [2.24, 2.45) is 5.73 Å². The summed E-state index contributed by atoms with van der Waals surface area (Å²) in [5.41, 5.74) is 5.91. The quantitative estimate of drug-likeness (QED) is 0.104. The number of rotatable bonds is 12. The fraction of sp³-hybridized carbons (Fsp3) is 0.355. The summed E-state index contributed by atoms with van der Waals surface area (Å²) >= 11 is 0. The molecule has 0 aliphatic heterocycles. The number of benzene rings is 3. The number of anilines is 1. The normalized spacial score (nSPS) is 12.5. The predicted molar refractivity (Wildman–Crippen MR) is 167 cm³/mol. The van der Waals surface area contributed by atoms with Gasteiger partial charge >= 0.3 is 6.09 Å². The zero-order chi connectivity index (χ0) is 32.4. The zero-order valence-corrected chi connectivity index (χ0v) is 25.3. The fourth-order valence-electron chi connectivity index (χ4n) is 4.63. The van der Waals surface area contributed by atoms with E-state index in [4.69, 9.17) is 15.9 Å². The van der Waals surface area contributed by atoms with Gasteiger partial charge in [-0.05, 0) is 50.6 Å². The summed E-state index contributed by atoms with van der Waals surface area (Å²) in [6.07, 6.45) is -0.649. The predicted octanol–water partition coefficient (Wildman–Crippen LogP) is 3.59. The Bertz CT molecular complexity index is 1470. The van der Waals surface area contributed by atoms with Crippen molar-refractivity contribution in [2.45, 2.75) is 57.7 Å². The van der Waals surface area contributed by atoms with Crippen molar-refractivity contribution in [3.05, 3.63) is 88.5 Å². The molecule has 0 aliphatic carbocycles. The summed E-state index contributed by atoms with van der Waals surface area (Å²) in [5.74, 6) is -1.86. The average molecular weight is 606 g/mol. The Labute approximate surface area is 256 Å². The van der Waals surface area contributed by atoms with Gasteiger partial charge in [0.15, 0.2) is 5.03 Å². The van der Waals surface area contributed by atoms with Crippen LogP contribution in [0.15, 0.2) is 72.8 Å². The summed E-state index contributed by atoms with van der Waals surface area (Å²) in [6.45, 7) is 4.84. The van der Waals surface area contributed by atoms with E-state index >= 15 is 0 Å². The lowest BCUT2D eigenvalue weighted by atomic mass is 10.0. The van der Waals surface area contributed by atoms with Crippen LogP contribution < -0.4 is 21.3 Å². The van der Waals surface area contributed by atoms with Crippen LogP contribution in [0.2, 0.25) is 0 Å². The molecule has 2 atom stereocenters. The maximum Gasteiger partial charge on any atom is 0.408 e. The number of ether oxygens (including phenoxy) is 1. The van der Waals surface area contributed by atoms with Crippen LogP contribution in [0.4, 0.5) is 10.5 Å². The molecular formula is C31H39N7O6. The highest BCUT2D eigenvalue weighted by molar-refractivity contribution is 6.06. The van der Waals surface area contributed by atoms with Gasteiger partial charge in [0.25, 0.3) is 5.96 Å². The monoisotopic (exact) mass is 605 g/mol. The number of guanidine groups is 1. The molecule has 0 fully saturated rings. The molecule has 3 aromatic carbocycles. The number of fused-ring (bicyclic) bond motifs is 1. The SMILES string of the molecule is CN(C(=O)C(CCCN(C(=N)N)[N+](=O)[O-])NC(=O)[C@H](Cc1ccccc1)NC(=O)OC(C)(C)C)c1cccc2ccccc12. The van der Waals surface area contributed by atoms with Gasteiger partial charge in [-0.25, -0.2) is 14.9 Å². The van der Waals surface area contributed by atoms with Gasteiger partial charge in [0, 0.05) is 18.9 Å². The minimum Gasteiger partial charge on any atom is -0.444 e. The number of carbonyl (C=O) groups is 3. The molecule has 0 saturated heterocycles. The van der Waals surface area contributed by atoms with E-state index in [1.807, 2.05) is 54.6 Å². The van der Waals surface area contributed by atoms with Crippen LogP contribution in [-0.4, -0.2) is 65.2 Å². The van der Waals surface area contributed by atoms with Crippen LogP contribution >= 0.6 is 0 Å². The molecule has 0 bridgehead atoms. The number of nitrogens with zero attached hydrogens (tertiary/aromatic N) is 3. The van der Waals surface area contributed by atoms with Gasteiger partial charge in [-0.3, -0.25) is 15.0 Å². The minimum absolute atomic E-state index is 0.0121. The van der Waals surface area contributed by atoms with Crippen LogP contribution in [0.3, 0.4) is 0 Å². The molecule has 0 heterocycles. The topological polar surface area (TPSA) is 184 Å². The second-order valence-corrected chi connectivity index (χ2v) is 11.2. The van der Waals surface area contributed by atoms with E-state index in [1.165, 1.54) is 4.90 Å². The van der Waals surface area contributed by atoms with Gasteiger partial charge < -0.3 is 26.0 Å². The maximum absolute atomic E-state index is 13.9. The van der Waals surface area contributed by atoms with Crippen LogP contribution in [0.1, 0.15) is 39.2 Å². The van der Waals surface area contributed by atoms with Crippen LogP contribution in [0.5, 0.6) is 0 Å². The molecule has 0 radical (unpaired) electrons. The molecule has 0 spiro atoms. The van der Waals surface area contributed by atoms with Gasteiger partial charge in [0.2, 0.25) is 11.8 Å². The molecule has 44 heavy (non-hydrogen) atoms. The van der Waals surface area contributed by atoms with Crippen LogP contribution in [0.25, 0.3) is 10.8 Å². The van der Waals surface area contributed by atoms with Crippen molar-refractivity contribution in [3.8, 4) is 0 Å². The first kappa shape index (κ1) is 33.3. The highest BCUT2D eigenvalue weighted by Crippen LogP contribution is 2.26. The smallest absolute Gasteiger partial charge is 0.408 e. The number of hydrazine groups is 1. The van der Waals surface area contributed by atoms with E-state index in [9.17, 15) is 24.5 Å². The third-order valence-electron chi connectivity index (χ3n) is 6.70. The highest BCUT2D eigenvalue weighted by atomic mass is 16.7. The van der Waals surface area contributed by atoms with Crippen LogP contribution in [0, 0.1) is 15.5 Å². The van der Waals surface area contributed by atoms with Gasteiger partial charge in [0.1, 0.15) is 17.7 Å². The van der Waals surface area contributed by atoms with E-state index < -0.39 is 46.6 Å². The first-order valence-corrected chi connectivity index (χ1v) is 14.1. The molecule has 13 heteroatoms. The number of hydrogen-bond acceptors (Lipinski definition) is 7. The Morgan fingerprint density at radius 3 is 2.25 bits per heavy atom. The molecule has 234 valence electrons. The van der Waals surface area contributed by atoms with Crippen LogP contribution in [-0.2, 0) is 20.7 Å². The Balaban J connectivity index is 1.90. The van der Waals surface area contributed by atoms with Gasteiger partial charge in [-0.15, -0.1) is 0 Å². The first-order chi connectivity index (χ1) is 20.8. The molecule has 13 nitrogen and oxygen atoms in total. The largest absolute Gasteiger partial charge is 0.444 e. The van der Waals surface area contributed by atoms with Crippen molar-refractivity contribution in [1.29, 1.82) is 5.41 Å². The van der Waals surface area contributed by atoms with Crippen molar-refractivity contribution in [3.63, 3.8) is 0 Å². The van der Waals surface area contributed by atoms with Crippen molar-refractivity contribution >= 4 is 40.3 Å². The van der Waals surface area contributed by atoms with E-state index in [0.29, 0.717) is 10.7 Å². The maximum atomic E-state index is 13.9. The second-order valence-electron chi connectivity index (χ2n) is 11.2. The molecule has 0 aliphatic rings. The molecule has 3 rings (SSSR count). The van der Waals surface area contributed by atoms with Gasteiger partial charge in [-0.1, -0.05) is 71.7 Å². The number of likely N-dealkylation sites (N-methyl/N-ethyl adjacent to an activating group) is 1. The summed E-state index contributed by atoms with van der Waals surface area (Å²) in [7, 11) is 1.59. The molecular weight excluding hydrogens is 566 g/mol. The third-order valence-corrected chi connectivity index (χ3v) is 6.70. The summed E-state index contributed by atoms with van der Waals surface area (Å²) in [4.78, 5) is 53.1. The number of nitro groups is 1. The number of alkyl carbamates (subject to hydrolysis) is 1. The lowest BCUT2D eigenvalue weighted by Gasteiger charge is -2.28. The van der Waals surface area contributed by atoms with Gasteiger partial charge in [0.05, 0.1) is 12.2 Å². The molecule has 3 aromatic rings. The number of nitrogens with one attached hydrogen (secondary N) is 3. The number of amides is 3. The Morgan fingerprint density at radius 1 is 0.977 bits per heavy atom. The molecule has 1 unspecified atom stereocenters. The van der Waals surface area contributed by atoms with E-state index in [2.05, 4.69) is 10.6 Å². The molecule has 5 N–H and O–H groups in total. The highest BCUT2D eigenvalue weighted by Gasteiger charge is 2.31. The van der Waals surface area contributed by atoms with E-state index in [1.54, 1.807) is 46.0 Å². The third kappa shape index (κ3) is 9.41. The lowest BCUT2D eigenvalue weighted by molar-refractivity contribution is -0.629. The van der Waals surface area contributed by atoms with Crippen molar-refractivity contribution in [1.82, 2.24) is 15.6 Å². The standard InChI is InChI=1S/C31H39N7O6/c1-31(2,3)44-30(41)35-25(20-21-12-6-5-7-13-21)27(39)34-24(17-11-19-37(29(32)33)38(42)43)28(40)36(4)26-18-10-15-22-14-8-9-16-23(22)26/h5-10,12-16,18,24-25H,11,17,19-20H2,1-4H3,(H3,32,33)(H,34,39)(H,35,41)/t24?,25-/m0/s1. The lowest BCUT2D eigenvalue weighted by Crippen LogP contribution is -2.55. The van der Waals surface area contributed by atoms with E-state index in [0.717, 1.165) is 16.3 Å². The Morgan fingerprint density at radius 2 is 1.61 bits per heavy atom. The zero-order valence-electron chi connectivity index (χ0n) is 25.3. The Kier molecular flexibility index (Phi) is 11.2. The summed E-state index contributed by atoms with van der Waals surface area (Å²) in [6, 6.07) is 19.9. The summed E-state index contributed by atoms with van der Waals surface area (Å²) < 4.78 is 5.38. The number of hydrogen-bond donors (Lipinski definition) is 4. The van der Waals surface area contributed by atoms with Crippen molar-refractivity contribution < 1.29 is 24.2 Å². The minimum atomic E-state index is -1.13. The van der Waals surface area contributed by atoms with E-state index in [-0.39, 0.29) is 25.8 Å². The number of nitrogens with two attached hydrogens (primary N) is 1.